The van der Waals surface area contributed by atoms with Gasteiger partial charge in [-0.1, -0.05) is 39.3 Å². The lowest BCUT2D eigenvalue weighted by atomic mass is 9.68. The van der Waals surface area contributed by atoms with Crippen LogP contribution >= 0.6 is 0 Å². The van der Waals surface area contributed by atoms with E-state index in [0.717, 1.165) is 11.8 Å². The molecule has 0 bridgehead atoms. The summed E-state index contributed by atoms with van der Waals surface area (Å²) in [4.78, 5) is 0. The van der Waals surface area contributed by atoms with Gasteiger partial charge in [0.05, 0.1) is 0 Å². The van der Waals surface area contributed by atoms with Crippen molar-refractivity contribution in [1.82, 2.24) is 0 Å². The zero-order chi connectivity index (χ0) is 10.1. The van der Waals surface area contributed by atoms with E-state index in [1.807, 2.05) is 0 Å². The van der Waals surface area contributed by atoms with Crippen LogP contribution in [0.1, 0.15) is 53.4 Å². The molecule has 2 unspecified atom stereocenters. The lowest BCUT2D eigenvalue weighted by molar-refractivity contribution is 0.154. The maximum Gasteiger partial charge on any atom is -0.0206 e. The van der Waals surface area contributed by atoms with Gasteiger partial charge >= 0.3 is 0 Å². The van der Waals surface area contributed by atoms with Gasteiger partial charge in [0.2, 0.25) is 0 Å². The molecule has 0 nitrogen and oxygen atoms in total. The Morgan fingerprint density at radius 2 is 1.85 bits per heavy atom. The van der Waals surface area contributed by atoms with Crippen LogP contribution in [0.4, 0.5) is 0 Å². The number of hydrogen-bond donors (Lipinski definition) is 0. The SMILES string of the molecule is C=C(C)C1CCCC(C(C)(C)C)C1. The molecule has 0 aromatic heterocycles. The summed E-state index contributed by atoms with van der Waals surface area (Å²) in [5.74, 6) is 1.71. The number of rotatable bonds is 1. The van der Waals surface area contributed by atoms with Gasteiger partial charge in [-0.15, -0.1) is 0 Å². The summed E-state index contributed by atoms with van der Waals surface area (Å²) < 4.78 is 0. The second kappa shape index (κ2) is 3.86. The predicted octanol–water partition coefficient (Wildman–Crippen LogP) is 4.42. The van der Waals surface area contributed by atoms with Crippen LogP contribution in [0, 0.1) is 17.3 Å². The van der Waals surface area contributed by atoms with E-state index in [4.69, 9.17) is 0 Å². The summed E-state index contributed by atoms with van der Waals surface area (Å²) >= 11 is 0. The van der Waals surface area contributed by atoms with E-state index in [0.29, 0.717) is 5.41 Å². The van der Waals surface area contributed by atoms with Crippen LogP contribution in [0.2, 0.25) is 0 Å². The minimum atomic E-state index is 0.494. The predicted molar refractivity (Wildman–Crippen MR) is 59.7 cm³/mol. The van der Waals surface area contributed by atoms with Gasteiger partial charge in [-0.2, -0.15) is 0 Å². The molecule has 0 saturated heterocycles. The summed E-state index contributed by atoms with van der Waals surface area (Å²) in [7, 11) is 0. The van der Waals surface area contributed by atoms with Crippen LogP contribution in [0.3, 0.4) is 0 Å². The van der Waals surface area contributed by atoms with E-state index in [1.165, 1.54) is 31.3 Å². The van der Waals surface area contributed by atoms with Crippen molar-refractivity contribution in [1.29, 1.82) is 0 Å². The van der Waals surface area contributed by atoms with Gasteiger partial charge in [-0.05, 0) is 43.4 Å². The largest absolute Gasteiger partial charge is 0.0999 e. The lowest BCUT2D eigenvalue weighted by Crippen LogP contribution is -2.27. The maximum absolute atomic E-state index is 4.10. The monoisotopic (exact) mass is 180 g/mol. The smallest absolute Gasteiger partial charge is 0.0206 e. The molecule has 1 aliphatic rings. The zero-order valence-corrected chi connectivity index (χ0v) is 9.69. The molecule has 1 fully saturated rings. The fourth-order valence-corrected chi connectivity index (χ4v) is 2.42. The van der Waals surface area contributed by atoms with Crippen LogP contribution < -0.4 is 0 Å². The highest BCUT2D eigenvalue weighted by Gasteiger charge is 2.30. The molecule has 13 heavy (non-hydrogen) atoms. The molecular formula is C13H24. The molecule has 76 valence electrons. The molecule has 0 aliphatic heterocycles. The molecular weight excluding hydrogens is 156 g/mol. The van der Waals surface area contributed by atoms with Crippen LogP contribution in [0.5, 0.6) is 0 Å². The van der Waals surface area contributed by atoms with Gasteiger partial charge in [0.15, 0.2) is 0 Å². The fourth-order valence-electron chi connectivity index (χ4n) is 2.42. The van der Waals surface area contributed by atoms with E-state index in [1.54, 1.807) is 0 Å². The summed E-state index contributed by atoms with van der Waals surface area (Å²) in [5, 5.41) is 0. The van der Waals surface area contributed by atoms with Crippen LogP contribution in [-0.2, 0) is 0 Å². The average Bonchev–Trinajstić information content (AvgIpc) is 2.03. The molecule has 2 atom stereocenters. The third-order valence-electron chi connectivity index (χ3n) is 3.60. The number of allylic oxidation sites excluding steroid dienone is 1. The molecule has 0 aromatic rings. The van der Waals surface area contributed by atoms with Crippen LogP contribution in [0.15, 0.2) is 12.2 Å². The molecule has 1 rings (SSSR count). The highest BCUT2D eigenvalue weighted by molar-refractivity contribution is 4.99. The fraction of sp³-hybridized carbons (Fsp3) is 0.846. The van der Waals surface area contributed by atoms with E-state index in [-0.39, 0.29) is 0 Å². The highest BCUT2D eigenvalue weighted by Crippen LogP contribution is 2.41. The Labute approximate surface area is 83.4 Å². The van der Waals surface area contributed by atoms with Crippen molar-refractivity contribution in [3.05, 3.63) is 12.2 Å². The summed E-state index contributed by atoms with van der Waals surface area (Å²) in [6, 6.07) is 0. The lowest BCUT2D eigenvalue weighted by Gasteiger charge is -2.38. The summed E-state index contributed by atoms with van der Waals surface area (Å²) in [6.07, 6.45) is 5.58. The van der Waals surface area contributed by atoms with Crippen molar-refractivity contribution in [3.8, 4) is 0 Å². The van der Waals surface area contributed by atoms with E-state index < -0.39 is 0 Å². The van der Waals surface area contributed by atoms with Crippen molar-refractivity contribution in [2.75, 3.05) is 0 Å². The first-order chi connectivity index (χ1) is 5.91. The maximum atomic E-state index is 4.10. The normalized spacial score (nSPS) is 30.2. The van der Waals surface area contributed by atoms with Gasteiger partial charge in [-0.25, -0.2) is 0 Å². The zero-order valence-electron chi connectivity index (χ0n) is 9.69. The topological polar surface area (TPSA) is 0 Å². The molecule has 0 spiro atoms. The van der Waals surface area contributed by atoms with E-state index in [9.17, 15) is 0 Å². The standard InChI is InChI=1S/C13H24/c1-10(2)11-7-6-8-12(9-11)13(3,4)5/h11-12H,1,6-9H2,2-5H3. The third kappa shape index (κ3) is 2.86. The summed E-state index contributed by atoms with van der Waals surface area (Å²) in [6.45, 7) is 13.4. The molecule has 0 aromatic carbocycles. The molecule has 1 saturated carbocycles. The molecule has 0 heterocycles. The molecule has 0 radical (unpaired) electrons. The Kier molecular flexibility index (Phi) is 3.21. The Bertz CT molecular complexity index is 183. The van der Waals surface area contributed by atoms with E-state index in [2.05, 4.69) is 34.3 Å². The van der Waals surface area contributed by atoms with Gasteiger partial charge in [-0.3, -0.25) is 0 Å². The van der Waals surface area contributed by atoms with Gasteiger partial charge < -0.3 is 0 Å². The van der Waals surface area contributed by atoms with Gasteiger partial charge in [0, 0.05) is 0 Å². The van der Waals surface area contributed by atoms with E-state index >= 15 is 0 Å². The molecule has 1 aliphatic carbocycles. The molecule has 0 heteroatoms. The van der Waals surface area contributed by atoms with Crippen molar-refractivity contribution in [2.45, 2.75) is 53.4 Å². The first kappa shape index (κ1) is 10.8. The third-order valence-corrected chi connectivity index (χ3v) is 3.60. The van der Waals surface area contributed by atoms with Crippen LogP contribution in [-0.4, -0.2) is 0 Å². The average molecular weight is 180 g/mol. The Morgan fingerprint density at radius 1 is 1.23 bits per heavy atom. The molecule has 0 amide bonds. The minimum absolute atomic E-state index is 0.494. The van der Waals surface area contributed by atoms with Gasteiger partial charge in [0.1, 0.15) is 0 Å². The Balaban J connectivity index is 2.57. The second-order valence-electron chi connectivity index (χ2n) is 5.77. The quantitative estimate of drug-likeness (QED) is 0.524. The van der Waals surface area contributed by atoms with Crippen LogP contribution in [0.25, 0.3) is 0 Å². The van der Waals surface area contributed by atoms with Crippen molar-refractivity contribution < 1.29 is 0 Å². The molecule has 0 N–H and O–H groups in total. The Hall–Kier alpha value is -0.260. The van der Waals surface area contributed by atoms with Crippen molar-refractivity contribution in [2.24, 2.45) is 17.3 Å². The highest BCUT2D eigenvalue weighted by atomic mass is 14.4. The summed E-state index contributed by atoms with van der Waals surface area (Å²) in [5.41, 5.74) is 1.89. The van der Waals surface area contributed by atoms with Crippen molar-refractivity contribution in [3.63, 3.8) is 0 Å². The second-order valence-corrected chi connectivity index (χ2v) is 5.77. The number of hydrogen-bond acceptors (Lipinski definition) is 0. The van der Waals surface area contributed by atoms with Gasteiger partial charge in [0.25, 0.3) is 0 Å². The Morgan fingerprint density at radius 3 is 2.31 bits per heavy atom. The first-order valence-electron chi connectivity index (χ1n) is 5.56. The van der Waals surface area contributed by atoms with Crippen molar-refractivity contribution >= 4 is 0 Å². The first-order valence-corrected chi connectivity index (χ1v) is 5.56. The minimum Gasteiger partial charge on any atom is -0.0999 e.